The molecule has 5 heteroatoms. The molecular weight excluding hydrogens is 180 g/mol. The van der Waals surface area contributed by atoms with Gasteiger partial charge in [-0.15, -0.1) is 5.10 Å². The van der Waals surface area contributed by atoms with E-state index < -0.39 is 5.60 Å². The summed E-state index contributed by atoms with van der Waals surface area (Å²) in [5, 5.41) is 16.6. The molecule has 5 nitrogen and oxygen atoms in total. The number of aryl methyl sites for hydroxylation is 1. The van der Waals surface area contributed by atoms with Crippen LogP contribution in [0.1, 0.15) is 26.0 Å². The van der Waals surface area contributed by atoms with Gasteiger partial charge in [-0.1, -0.05) is 12.1 Å². The van der Waals surface area contributed by atoms with Gasteiger partial charge in [0.1, 0.15) is 5.69 Å². The fourth-order valence-corrected chi connectivity index (χ4v) is 1.42. The van der Waals surface area contributed by atoms with Crippen LogP contribution in [0.15, 0.2) is 6.20 Å². The van der Waals surface area contributed by atoms with Crippen molar-refractivity contribution in [3.63, 3.8) is 0 Å². The Balaban J connectivity index is 2.15. The van der Waals surface area contributed by atoms with E-state index in [1.807, 2.05) is 13.1 Å². The maximum Gasteiger partial charge on any atom is 0.179 e. The molecule has 2 heterocycles. The molecule has 0 bridgehead atoms. The molecule has 2 rings (SSSR count). The Morgan fingerprint density at radius 1 is 1.79 bits per heavy atom. The van der Waals surface area contributed by atoms with E-state index >= 15 is 0 Å². The Morgan fingerprint density at radius 3 is 3.14 bits per heavy atom. The van der Waals surface area contributed by atoms with Crippen molar-refractivity contribution in [2.75, 3.05) is 0 Å². The van der Waals surface area contributed by atoms with E-state index in [2.05, 4.69) is 23.3 Å². The van der Waals surface area contributed by atoms with Crippen LogP contribution in [0.5, 0.6) is 0 Å². The summed E-state index contributed by atoms with van der Waals surface area (Å²) in [6.45, 7) is 4.79. The highest BCUT2D eigenvalue weighted by Crippen LogP contribution is 2.44. The highest BCUT2D eigenvalue weighted by molar-refractivity contribution is 5.23. The van der Waals surface area contributed by atoms with Gasteiger partial charge in [0.25, 0.3) is 0 Å². The summed E-state index contributed by atoms with van der Waals surface area (Å²) < 4.78 is 7.03. The quantitative estimate of drug-likeness (QED) is 0.665. The summed E-state index contributed by atoms with van der Waals surface area (Å²) >= 11 is 0. The van der Waals surface area contributed by atoms with Crippen LogP contribution in [0.3, 0.4) is 0 Å². The van der Waals surface area contributed by atoms with Crippen LogP contribution in [0.2, 0.25) is 0 Å². The van der Waals surface area contributed by atoms with E-state index in [4.69, 9.17) is 10.00 Å². The van der Waals surface area contributed by atoms with E-state index in [1.54, 1.807) is 4.68 Å². The van der Waals surface area contributed by atoms with Crippen LogP contribution < -0.4 is 0 Å². The lowest BCUT2D eigenvalue weighted by Gasteiger charge is -1.96. The zero-order valence-corrected chi connectivity index (χ0v) is 8.27. The fourth-order valence-electron chi connectivity index (χ4n) is 1.42. The molecule has 74 valence electrons. The number of hydrogen-bond donors (Lipinski definition) is 0. The van der Waals surface area contributed by atoms with Gasteiger partial charge in [-0.05, 0) is 13.3 Å². The smallest absolute Gasteiger partial charge is 0.179 e. The molecule has 1 aliphatic heterocycles. The number of epoxide rings is 1. The van der Waals surface area contributed by atoms with Gasteiger partial charge in [0.15, 0.2) is 11.7 Å². The largest absolute Gasteiger partial charge is 0.343 e. The number of aromatic nitrogens is 3. The summed E-state index contributed by atoms with van der Waals surface area (Å²) in [6.07, 6.45) is 2.50. The Bertz CT molecular complexity index is 380. The lowest BCUT2D eigenvalue weighted by molar-refractivity contribution is 0.316. The van der Waals surface area contributed by atoms with Crippen molar-refractivity contribution < 1.29 is 4.74 Å². The van der Waals surface area contributed by atoms with E-state index in [0.717, 1.165) is 18.7 Å². The second-order valence-corrected chi connectivity index (χ2v) is 3.60. The molecule has 0 amide bonds. The Kier molecular flexibility index (Phi) is 2.01. The molecule has 1 aromatic rings. The molecule has 14 heavy (non-hydrogen) atoms. The third-order valence-corrected chi connectivity index (χ3v) is 2.42. The summed E-state index contributed by atoms with van der Waals surface area (Å²) in [5.41, 5.74) is 0.221. The maximum atomic E-state index is 8.68. The van der Waals surface area contributed by atoms with E-state index in [1.165, 1.54) is 0 Å². The molecule has 1 aliphatic rings. The molecule has 1 aromatic heterocycles. The molecule has 0 aliphatic carbocycles. The SMILES string of the molecule is CCCn1cc(C2(C)OC2C#N)nn1. The fraction of sp³-hybridized carbons (Fsp3) is 0.667. The van der Waals surface area contributed by atoms with E-state index in [0.29, 0.717) is 0 Å². The Morgan fingerprint density at radius 2 is 2.57 bits per heavy atom. The average molecular weight is 192 g/mol. The summed E-state index contributed by atoms with van der Waals surface area (Å²) in [5.74, 6) is 0. The average Bonchev–Trinajstić information content (AvgIpc) is 2.61. The van der Waals surface area contributed by atoms with Gasteiger partial charge in [-0.2, -0.15) is 5.26 Å². The predicted molar refractivity (Wildman–Crippen MR) is 48.2 cm³/mol. The molecule has 0 spiro atoms. The molecule has 1 saturated heterocycles. The van der Waals surface area contributed by atoms with Gasteiger partial charge in [0.2, 0.25) is 0 Å². The minimum absolute atomic E-state index is 0.366. The lowest BCUT2D eigenvalue weighted by atomic mass is 10.1. The molecule has 2 atom stereocenters. The first-order chi connectivity index (χ1) is 6.70. The Hall–Kier alpha value is -1.41. The second kappa shape index (κ2) is 3.07. The van der Waals surface area contributed by atoms with Crippen LogP contribution in [-0.2, 0) is 16.9 Å². The third-order valence-electron chi connectivity index (χ3n) is 2.42. The van der Waals surface area contributed by atoms with Crippen molar-refractivity contribution in [2.24, 2.45) is 0 Å². The van der Waals surface area contributed by atoms with E-state index in [9.17, 15) is 0 Å². The third kappa shape index (κ3) is 1.28. The maximum absolute atomic E-state index is 8.68. The van der Waals surface area contributed by atoms with Gasteiger partial charge >= 0.3 is 0 Å². The van der Waals surface area contributed by atoms with Crippen molar-refractivity contribution >= 4 is 0 Å². The monoisotopic (exact) mass is 192 g/mol. The number of ether oxygens (including phenoxy) is 1. The van der Waals surface area contributed by atoms with Crippen molar-refractivity contribution in [3.05, 3.63) is 11.9 Å². The molecule has 2 unspecified atom stereocenters. The van der Waals surface area contributed by atoms with Crippen molar-refractivity contribution in [1.29, 1.82) is 5.26 Å². The highest BCUT2D eigenvalue weighted by Gasteiger charge is 2.56. The van der Waals surface area contributed by atoms with Gasteiger partial charge < -0.3 is 4.74 Å². The topological polar surface area (TPSA) is 67.0 Å². The highest BCUT2D eigenvalue weighted by atomic mass is 16.6. The molecule has 1 fully saturated rings. The number of nitrogens with zero attached hydrogens (tertiary/aromatic N) is 4. The van der Waals surface area contributed by atoms with Crippen LogP contribution in [0.4, 0.5) is 0 Å². The zero-order chi connectivity index (χ0) is 10.2. The second-order valence-electron chi connectivity index (χ2n) is 3.60. The summed E-state index contributed by atoms with van der Waals surface area (Å²) in [6, 6.07) is 2.07. The molecule has 0 saturated carbocycles. The van der Waals surface area contributed by atoms with Gasteiger partial charge in [-0.25, -0.2) is 0 Å². The van der Waals surface area contributed by atoms with Crippen LogP contribution in [0, 0.1) is 11.3 Å². The molecule has 0 N–H and O–H groups in total. The van der Waals surface area contributed by atoms with Gasteiger partial charge in [0.05, 0.1) is 12.3 Å². The van der Waals surface area contributed by atoms with Crippen LogP contribution in [-0.4, -0.2) is 21.1 Å². The zero-order valence-electron chi connectivity index (χ0n) is 8.27. The van der Waals surface area contributed by atoms with Gasteiger partial charge in [0, 0.05) is 6.54 Å². The van der Waals surface area contributed by atoms with Crippen molar-refractivity contribution in [3.8, 4) is 6.07 Å². The lowest BCUT2D eigenvalue weighted by Crippen LogP contribution is -2.06. The minimum atomic E-state index is -0.527. The van der Waals surface area contributed by atoms with Crippen molar-refractivity contribution in [1.82, 2.24) is 15.0 Å². The molecule has 0 radical (unpaired) electrons. The number of hydrogen-bond acceptors (Lipinski definition) is 4. The predicted octanol–water partition coefficient (Wildman–Crippen LogP) is 0.826. The minimum Gasteiger partial charge on any atom is -0.343 e. The number of rotatable bonds is 3. The summed E-state index contributed by atoms with van der Waals surface area (Å²) in [7, 11) is 0. The van der Waals surface area contributed by atoms with Crippen LogP contribution >= 0.6 is 0 Å². The first-order valence-corrected chi connectivity index (χ1v) is 4.68. The van der Waals surface area contributed by atoms with Crippen LogP contribution in [0.25, 0.3) is 0 Å². The Labute approximate surface area is 82.3 Å². The van der Waals surface area contributed by atoms with Gasteiger partial charge in [-0.3, -0.25) is 4.68 Å². The first-order valence-electron chi connectivity index (χ1n) is 4.68. The first kappa shape index (κ1) is 9.16. The summed E-state index contributed by atoms with van der Waals surface area (Å²) in [4.78, 5) is 0. The number of nitriles is 1. The normalized spacial score (nSPS) is 29.9. The standard InChI is InChI=1S/C9H12N4O/c1-3-4-13-6-7(11-12-13)9(2)8(5-10)14-9/h6,8H,3-4H2,1-2H3. The molecule has 0 aromatic carbocycles. The van der Waals surface area contributed by atoms with E-state index in [-0.39, 0.29) is 6.10 Å². The van der Waals surface area contributed by atoms with Crippen molar-refractivity contribution in [2.45, 2.75) is 38.5 Å². The molecular formula is C9H12N4O.